The summed E-state index contributed by atoms with van der Waals surface area (Å²) in [5, 5.41) is 13.7. The number of para-hydroxylation sites is 1. The zero-order chi connectivity index (χ0) is 24.7. The first kappa shape index (κ1) is 25.8. The first-order chi connectivity index (χ1) is 17.0. The summed E-state index contributed by atoms with van der Waals surface area (Å²) in [6.07, 6.45) is 8.02. The number of rotatable bonds is 11. The minimum Gasteiger partial charge on any atom is -0.396 e. The van der Waals surface area contributed by atoms with E-state index in [1.54, 1.807) is 0 Å². The molecule has 0 fully saturated rings. The van der Waals surface area contributed by atoms with Gasteiger partial charge in [0.15, 0.2) is 0 Å². The molecule has 0 aliphatic carbocycles. The van der Waals surface area contributed by atoms with Crippen LogP contribution in [-0.4, -0.2) is 44.6 Å². The van der Waals surface area contributed by atoms with Crippen LogP contribution >= 0.6 is 10.6 Å². The molecule has 0 bridgehead atoms. The van der Waals surface area contributed by atoms with Crippen LogP contribution < -0.4 is 10.2 Å². The van der Waals surface area contributed by atoms with Gasteiger partial charge in [0.2, 0.25) is 0 Å². The van der Waals surface area contributed by atoms with E-state index in [4.69, 9.17) is 10.1 Å². The van der Waals surface area contributed by atoms with Crippen molar-refractivity contribution in [3.63, 3.8) is 0 Å². The smallest absolute Gasteiger partial charge is 0.131 e. The molecule has 0 amide bonds. The van der Waals surface area contributed by atoms with Crippen LogP contribution in [0.1, 0.15) is 56.1 Å². The fraction of sp³-hybridized carbons (Fsp3) is 0.464. The van der Waals surface area contributed by atoms with E-state index in [0.717, 1.165) is 59.3 Å². The van der Waals surface area contributed by atoms with E-state index in [1.165, 1.54) is 25.7 Å². The third-order valence-electron chi connectivity index (χ3n) is 6.83. The quantitative estimate of drug-likeness (QED) is 0.218. The molecule has 3 aromatic rings. The fourth-order valence-corrected chi connectivity index (χ4v) is 6.36. The first-order valence-corrected chi connectivity index (χ1v) is 14.5. The summed E-state index contributed by atoms with van der Waals surface area (Å²) in [6.45, 7) is 4.45. The largest absolute Gasteiger partial charge is 0.396 e. The van der Waals surface area contributed by atoms with Crippen LogP contribution in [0.2, 0.25) is 0 Å². The Labute approximate surface area is 210 Å². The number of nitrogens with zero attached hydrogens (tertiary/aromatic N) is 2. The monoisotopic (exact) mass is 497 g/mol. The molecule has 0 saturated heterocycles. The van der Waals surface area contributed by atoms with Gasteiger partial charge < -0.3 is 15.3 Å². The molecule has 35 heavy (non-hydrogen) atoms. The Morgan fingerprint density at radius 2 is 1.69 bits per heavy atom. The summed E-state index contributed by atoms with van der Waals surface area (Å²) < 4.78 is 21.5. The molecule has 2 heterocycles. The minimum absolute atomic E-state index is 0.303. The number of hydrogen-bond acceptors (Lipinski definition) is 6. The predicted molar refractivity (Wildman–Crippen MR) is 148 cm³/mol. The number of fused-ring (bicyclic) bond motifs is 2. The number of aryl methyl sites for hydroxylation is 1. The van der Waals surface area contributed by atoms with Gasteiger partial charge in [0.05, 0.1) is 16.2 Å². The van der Waals surface area contributed by atoms with Gasteiger partial charge >= 0.3 is 0 Å². The highest BCUT2D eigenvalue weighted by Gasteiger charge is 2.26. The van der Waals surface area contributed by atoms with Crippen LogP contribution in [0, 0.1) is 6.92 Å². The zero-order valence-corrected chi connectivity index (χ0v) is 21.6. The molecule has 1 aromatic heterocycles. The van der Waals surface area contributed by atoms with E-state index >= 15 is 0 Å². The average molecular weight is 498 g/mol. The van der Waals surface area contributed by atoms with E-state index in [0.29, 0.717) is 30.3 Å². The molecule has 2 aromatic carbocycles. The highest BCUT2D eigenvalue weighted by Crippen LogP contribution is 2.51. The number of anilines is 2. The Kier molecular flexibility index (Phi) is 8.89. The molecule has 4 N–H and O–H groups in total. The van der Waals surface area contributed by atoms with Crippen LogP contribution in [0.25, 0.3) is 10.9 Å². The van der Waals surface area contributed by atoms with E-state index < -0.39 is 10.6 Å². The van der Waals surface area contributed by atoms with E-state index in [-0.39, 0.29) is 0 Å². The standard InChI is InChI=1S/C28H39N3O3S/c1-22-12-11-14-24-25(29-16-9-5-3-2-4-6-10-18-32)20-27(30-28(22)24)31-17-19-35(33,34)26-15-8-7-13-23(26)21-31/h7-8,11-15,20,32-34H,2-6,9-10,16-19,21H2,1H3,(H,29,30). The molecule has 0 atom stereocenters. The number of pyridine rings is 1. The fourth-order valence-electron chi connectivity index (χ4n) is 4.81. The maximum Gasteiger partial charge on any atom is 0.131 e. The van der Waals surface area contributed by atoms with Crippen molar-refractivity contribution in [2.45, 2.75) is 63.3 Å². The molecule has 0 saturated carbocycles. The van der Waals surface area contributed by atoms with Gasteiger partial charge in [-0.1, -0.05) is 68.5 Å². The first-order valence-electron chi connectivity index (χ1n) is 12.8. The Hall–Kier alpha value is -2.32. The summed E-state index contributed by atoms with van der Waals surface area (Å²) in [7, 11) is -2.81. The lowest BCUT2D eigenvalue weighted by molar-refractivity contribution is 0.282. The van der Waals surface area contributed by atoms with Crippen LogP contribution in [0.5, 0.6) is 0 Å². The highest BCUT2D eigenvalue weighted by molar-refractivity contribution is 8.24. The van der Waals surface area contributed by atoms with Gasteiger partial charge in [0.1, 0.15) is 5.82 Å². The Morgan fingerprint density at radius 1 is 0.943 bits per heavy atom. The second kappa shape index (κ2) is 12.1. The molecular weight excluding hydrogens is 458 g/mol. The second-order valence-corrected chi connectivity index (χ2v) is 11.7. The van der Waals surface area contributed by atoms with Crippen molar-refractivity contribution in [1.82, 2.24) is 4.98 Å². The van der Waals surface area contributed by atoms with Gasteiger partial charge in [0, 0.05) is 43.4 Å². The third-order valence-corrected chi connectivity index (χ3v) is 8.69. The van der Waals surface area contributed by atoms with E-state index in [9.17, 15) is 9.11 Å². The number of unbranched alkanes of at least 4 members (excludes halogenated alkanes) is 6. The number of aliphatic hydroxyl groups is 1. The predicted octanol–water partition coefficient (Wildman–Crippen LogP) is 6.81. The lowest BCUT2D eigenvalue weighted by Crippen LogP contribution is -2.26. The van der Waals surface area contributed by atoms with Crippen molar-refractivity contribution in [3.8, 4) is 0 Å². The summed E-state index contributed by atoms with van der Waals surface area (Å²) >= 11 is 0. The Balaban J connectivity index is 1.49. The topological polar surface area (TPSA) is 88.9 Å². The molecule has 0 radical (unpaired) electrons. The summed E-state index contributed by atoms with van der Waals surface area (Å²) in [5.74, 6) is 1.17. The molecule has 1 aliphatic rings. The SMILES string of the molecule is Cc1cccc2c(NCCCCCCCCCO)cc(N3CCS(O)(O)c4ccccc4C3)nc12. The van der Waals surface area contributed by atoms with Gasteiger partial charge in [-0.25, -0.2) is 4.98 Å². The third kappa shape index (κ3) is 6.47. The lowest BCUT2D eigenvalue weighted by atomic mass is 10.1. The minimum atomic E-state index is -2.81. The number of aliphatic hydroxyl groups excluding tert-OH is 1. The second-order valence-electron chi connectivity index (χ2n) is 9.52. The number of nitrogens with one attached hydrogen (secondary N) is 1. The lowest BCUT2D eigenvalue weighted by Gasteiger charge is -2.32. The molecule has 1 aliphatic heterocycles. The van der Waals surface area contributed by atoms with Crippen molar-refractivity contribution in [2.75, 3.05) is 35.7 Å². The summed E-state index contributed by atoms with van der Waals surface area (Å²) in [6, 6.07) is 16.1. The number of hydrogen-bond donors (Lipinski definition) is 4. The number of benzene rings is 2. The normalized spacial score (nSPS) is 16.1. The molecule has 190 valence electrons. The molecule has 4 rings (SSSR count). The average Bonchev–Trinajstić information content (AvgIpc) is 2.99. The van der Waals surface area contributed by atoms with Crippen molar-refractivity contribution in [3.05, 3.63) is 59.7 Å². The van der Waals surface area contributed by atoms with Crippen molar-refractivity contribution >= 4 is 33.0 Å². The van der Waals surface area contributed by atoms with Crippen LogP contribution in [0.15, 0.2) is 53.4 Å². The molecule has 7 heteroatoms. The Bertz CT molecular complexity index is 1120. The van der Waals surface area contributed by atoms with Crippen LogP contribution in [0.3, 0.4) is 0 Å². The number of aromatic nitrogens is 1. The van der Waals surface area contributed by atoms with Gasteiger partial charge in [-0.2, -0.15) is 10.6 Å². The van der Waals surface area contributed by atoms with Crippen LogP contribution in [-0.2, 0) is 6.54 Å². The highest BCUT2D eigenvalue weighted by atomic mass is 32.3. The Morgan fingerprint density at radius 3 is 2.49 bits per heavy atom. The van der Waals surface area contributed by atoms with Crippen molar-refractivity contribution < 1.29 is 14.2 Å². The maximum absolute atomic E-state index is 10.8. The zero-order valence-electron chi connectivity index (χ0n) is 20.7. The van der Waals surface area contributed by atoms with Gasteiger partial charge in [-0.15, -0.1) is 0 Å². The molecule has 0 spiro atoms. The van der Waals surface area contributed by atoms with Crippen molar-refractivity contribution in [1.29, 1.82) is 0 Å². The summed E-state index contributed by atoms with van der Waals surface area (Å²) in [5.41, 5.74) is 4.15. The van der Waals surface area contributed by atoms with Gasteiger partial charge in [-0.05, 0) is 37.0 Å². The van der Waals surface area contributed by atoms with Crippen LogP contribution in [0.4, 0.5) is 11.5 Å². The molecular formula is C28H39N3O3S. The summed E-state index contributed by atoms with van der Waals surface area (Å²) in [4.78, 5) is 7.86. The molecule has 6 nitrogen and oxygen atoms in total. The maximum atomic E-state index is 10.8. The van der Waals surface area contributed by atoms with Gasteiger partial charge in [0.25, 0.3) is 0 Å². The van der Waals surface area contributed by atoms with Gasteiger partial charge in [-0.3, -0.25) is 9.11 Å². The van der Waals surface area contributed by atoms with E-state index in [2.05, 4.69) is 41.4 Å². The van der Waals surface area contributed by atoms with Crippen molar-refractivity contribution in [2.24, 2.45) is 0 Å². The molecule has 0 unspecified atom stereocenters. The van der Waals surface area contributed by atoms with E-state index in [1.807, 2.05) is 24.3 Å².